The standard InChI is InChI=1S/C15H19F3N2O2/c16-15(17,18)12-22-11-6-14(21)20-9-7-19(8-10-20)13-4-2-1-3-5-13/h1-5H,6-12H2. The van der Waals surface area contributed by atoms with Crippen molar-refractivity contribution in [2.45, 2.75) is 12.6 Å². The predicted molar refractivity (Wildman–Crippen MR) is 76.7 cm³/mol. The first-order valence-corrected chi connectivity index (χ1v) is 7.18. The maximum atomic E-state index is 11.9. The number of para-hydroxylation sites is 1. The zero-order valence-electron chi connectivity index (χ0n) is 12.2. The second kappa shape index (κ2) is 7.49. The molecule has 0 aliphatic carbocycles. The number of carbonyl (C=O) groups excluding carboxylic acids is 1. The number of alkyl halides is 3. The molecular weight excluding hydrogens is 297 g/mol. The molecule has 1 aromatic carbocycles. The van der Waals surface area contributed by atoms with Gasteiger partial charge in [-0.2, -0.15) is 13.2 Å². The van der Waals surface area contributed by atoms with Crippen LogP contribution in [0.4, 0.5) is 18.9 Å². The number of amides is 1. The van der Waals surface area contributed by atoms with Gasteiger partial charge < -0.3 is 14.5 Å². The Morgan fingerprint density at radius 1 is 1.09 bits per heavy atom. The van der Waals surface area contributed by atoms with Gasteiger partial charge in [-0.25, -0.2) is 0 Å². The average Bonchev–Trinajstić information content (AvgIpc) is 2.51. The van der Waals surface area contributed by atoms with Crippen molar-refractivity contribution < 1.29 is 22.7 Å². The second-order valence-electron chi connectivity index (χ2n) is 5.12. The number of carbonyl (C=O) groups is 1. The van der Waals surface area contributed by atoms with Gasteiger partial charge in [-0.3, -0.25) is 4.79 Å². The van der Waals surface area contributed by atoms with Crippen molar-refractivity contribution in [1.82, 2.24) is 4.90 Å². The smallest absolute Gasteiger partial charge is 0.372 e. The van der Waals surface area contributed by atoms with Gasteiger partial charge in [0, 0.05) is 31.9 Å². The Morgan fingerprint density at radius 2 is 1.73 bits per heavy atom. The summed E-state index contributed by atoms with van der Waals surface area (Å²) in [6.45, 7) is 1.09. The van der Waals surface area contributed by atoms with Gasteiger partial charge in [0.05, 0.1) is 13.0 Å². The number of benzene rings is 1. The Morgan fingerprint density at radius 3 is 2.32 bits per heavy atom. The first-order chi connectivity index (χ1) is 10.5. The Balaban J connectivity index is 1.69. The van der Waals surface area contributed by atoms with E-state index in [-0.39, 0.29) is 18.9 Å². The third kappa shape index (κ3) is 5.22. The molecule has 0 N–H and O–H groups in total. The highest BCUT2D eigenvalue weighted by Crippen LogP contribution is 2.16. The average molecular weight is 316 g/mol. The van der Waals surface area contributed by atoms with E-state index in [1.807, 2.05) is 30.3 Å². The van der Waals surface area contributed by atoms with Crippen LogP contribution >= 0.6 is 0 Å². The number of rotatable bonds is 5. The molecule has 4 nitrogen and oxygen atoms in total. The molecule has 0 atom stereocenters. The molecule has 0 unspecified atom stereocenters. The van der Waals surface area contributed by atoms with E-state index in [2.05, 4.69) is 9.64 Å². The van der Waals surface area contributed by atoms with E-state index in [1.54, 1.807) is 4.90 Å². The summed E-state index contributed by atoms with van der Waals surface area (Å²) in [7, 11) is 0. The number of nitrogens with zero attached hydrogens (tertiary/aromatic N) is 2. The van der Waals surface area contributed by atoms with Crippen molar-refractivity contribution in [3.05, 3.63) is 30.3 Å². The summed E-state index contributed by atoms with van der Waals surface area (Å²) >= 11 is 0. The lowest BCUT2D eigenvalue weighted by molar-refractivity contribution is -0.175. The zero-order chi connectivity index (χ0) is 16.0. The van der Waals surface area contributed by atoms with Gasteiger partial charge >= 0.3 is 6.18 Å². The number of hydrogen-bond donors (Lipinski definition) is 0. The molecule has 2 rings (SSSR count). The summed E-state index contributed by atoms with van der Waals surface area (Å²) in [5.41, 5.74) is 1.11. The first kappa shape index (κ1) is 16.6. The van der Waals surface area contributed by atoms with Crippen LogP contribution < -0.4 is 4.90 Å². The number of anilines is 1. The van der Waals surface area contributed by atoms with E-state index in [4.69, 9.17) is 0 Å². The normalized spacial score (nSPS) is 16.0. The molecule has 1 saturated heterocycles. The number of hydrogen-bond acceptors (Lipinski definition) is 3. The first-order valence-electron chi connectivity index (χ1n) is 7.18. The molecule has 7 heteroatoms. The van der Waals surface area contributed by atoms with Gasteiger partial charge in [-0.05, 0) is 12.1 Å². The summed E-state index contributed by atoms with van der Waals surface area (Å²) in [5.74, 6) is -0.158. The lowest BCUT2D eigenvalue weighted by Crippen LogP contribution is -2.49. The van der Waals surface area contributed by atoms with Crippen molar-refractivity contribution in [1.29, 1.82) is 0 Å². The lowest BCUT2D eigenvalue weighted by Gasteiger charge is -2.36. The highest BCUT2D eigenvalue weighted by molar-refractivity contribution is 5.76. The van der Waals surface area contributed by atoms with Gasteiger partial charge in [0.1, 0.15) is 6.61 Å². The molecule has 0 spiro atoms. The minimum absolute atomic E-state index is 0.0125. The van der Waals surface area contributed by atoms with Crippen LogP contribution in [0.15, 0.2) is 30.3 Å². The van der Waals surface area contributed by atoms with Crippen molar-refractivity contribution >= 4 is 11.6 Å². The third-order valence-electron chi connectivity index (χ3n) is 3.48. The predicted octanol–water partition coefficient (Wildman–Crippen LogP) is 2.30. The Bertz CT molecular complexity index is 471. The van der Waals surface area contributed by atoms with Crippen LogP contribution in [0, 0.1) is 0 Å². The summed E-state index contributed by atoms with van der Waals surface area (Å²) in [5, 5.41) is 0. The molecule has 122 valence electrons. The van der Waals surface area contributed by atoms with Crippen LogP contribution in [0.2, 0.25) is 0 Å². The van der Waals surface area contributed by atoms with Gasteiger partial charge in [-0.15, -0.1) is 0 Å². The molecule has 0 saturated carbocycles. The van der Waals surface area contributed by atoms with E-state index < -0.39 is 12.8 Å². The number of ether oxygens (including phenoxy) is 1. The van der Waals surface area contributed by atoms with Crippen LogP contribution in [-0.2, 0) is 9.53 Å². The Labute approximate surface area is 127 Å². The van der Waals surface area contributed by atoms with Crippen molar-refractivity contribution in [2.24, 2.45) is 0 Å². The third-order valence-corrected chi connectivity index (χ3v) is 3.48. The Kier molecular flexibility index (Phi) is 5.65. The summed E-state index contributed by atoms with van der Waals surface area (Å²) in [6, 6.07) is 9.91. The molecule has 22 heavy (non-hydrogen) atoms. The van der Waals surface area contributed by atoms with Crippen LogP contribution in [-0.4, -0.2) is 56.4 Å². The van der Waals surface area contributed by atoms with Crippen molar-refractivity contribution in [2.75, 3.05) is 44.3 Å². The van der Waals surface area contributed by atoms with Gasteiger partial charge in [0.25, 0.3) is 0 Å². The zero-order valence-corrected chi connectivity index (χ0v) is 12.2. The largest absolute Gasteiger partial charge is 0.411 e. The van der Waals surface area contributed by atoms with Gasteiger partial charge in [0.15, 0.2) is 0 Å². The summed E-state index contributed by atoms with van der Waals surface area (Å²) < 4.78 is 40.2. The molecule has 0 aromatic heterocycles. The van der Waals surface area contributed by atoms with E-state index in [1.165, 1.54) is 0 Å². The molecular formula is C15H19F3N2O2. The molecule has 1 amide bonds. The van der Waals surface area contributed by atoms with E-state index in [9.17, 15) is 18.0 Å². The molecule has 1 fully saturated rings. The van der Waals surface area contributed by atoms with E-state index >= 15 is 0 Å². The summed E-state index contributed by atoms with van der Waals surface area (Å²) in [4.78, 5) is 15.8. The highest BCUT2D eigenvalue weighted by Gasteiger charge is 2.27. The fourth-order valence-corrected chi connectivity index (χ4v) is 2.36. The molecule has 1 aliphatic rings. The van der Waals surface area contributed by atoms with Crippen LogP contribution in [0.5, 0.6) is 0 Å². The van der Waals surface area contributed by atoms with Gasteiger partial charge in [0.2, 0.25) is 5.91 Å². The quantitative estimate of drug-likeness (QED) is 0.782. The van der Waals surface area contributed by atoms with Crippen LogP contribution in [0.3, 0.4) is 0 Å². The minimum atomic E-state index is -4.34. The van der Waals surface area contributed by atoms with E-state index in [0.717, 1.165) is 18.8 Å². The lowest BCUT2D eigenvalue weighted by atomic mass is 10.2. The SMILES string of the molecule is O=C(CCOCC(F)(F)F)N1CCN(c2ccccc2)CC1. The maximum absolute atomic E-state index is 11.9. The fourth-order valence-electron chi connectivity index (χ4n) is 2.36. The maximum Gasteiger partial charge on any atom is 0.411 e. The van der Waals surface area contributed by atoms with Crippen molar-refractivity contribution in [3.8, 4) is 0 Å². The molecule has 1 aliphatic heterocycles. The fraction of sp³-hybridized carbons (Fsp3) is 0.533. The van der Waals surface area contributed by atoms with E-state index in [0.29, 0.717) is 13.1 Å². The molecule has 0 radical (unpaired) electrons. The molecule has 0 bridgehead atoms. The van der Waals surface area contributed by atoms with Crippen LogP contribution in [0.25, 0.3) is 0 Å². The number of halogens is 3. The topological polar surface area (TPSA) is 32.8 Å². The molecule has 1 aromatic rings. The van der Waals surface area contributed by atoms with Gasteiger partial charge in [-0.1, -0.05) is 18.2 Å². The molecule has 1 heterocycles. The number of piperazine rings is 1. The monoisotopic (exact) mass is 316 g/mol. The highest BCUT2D eigenvalue weighted by atomic mass is 19.4. The second-order valence-corrected chi connectivity index (χ2v) is 5.12. The minimum Gasteiger partial charge on any atom is -0.372 e. The van der Waals surface area contributed by atoms with Crippen LogP contribution in [0.1, 0.15) is 6.42 Å². The Hall–Kier alpha value is -1.76. The van der Waals surface area contributed by atoms with Crippen molar-refractivity contribution in [3.63, 3.8) is 0 Å². The summed E-state index contributed by atoms with van der Waals surface area (Å²) in [6.07, 6.45) is -4.36.